The Labute approximate surface area is 122 Å². The topological polar surface area (TPSA) is 29.5 Å². The highest BCUT2D eigenvalue weighted by Gasteiger charge is 2.28. The highest BCUT2D eigenvalue weighted by Crippen LogP contribution is 2.37. The lowest BCUT2D eigenvalue weighted by atomic mass is 9.99. The maximum Gasteiger partial charge on any atom is 0.231 e. The third-order valence-corrected chi connectivity index (χ3v) is 5.16. The average Bonchev–Trinajstić information content (AvgIpc) is 2.74. The molecular formula is C15H18BrNO2. The number of fused-ring (bicyclic) bond motifs is 1. The summed E-state index contributed by atoms with van der Waals surface area (Å²) in [4.78, 5) is 13.7. The van der Waals surface area contributed by atoms with Crippen molar-refractivity contribution in [3.8, 4) is 0 Å². The summed E-state index contributed by atoms with van der Waals surface area (Å²) in [6.07, 6.45) is 4.27. The lowest BCUT2D eigenvalue weighted by molar-refractivity contribution is -0.117. The third kappa shape index (κ3) is 2.43. The number of likely N-dealkylation sites (N-methyl/N-ethyl adjacent to an activating group) is 1. The Bertz CT molecular complexity index is 497. The second-order valence-corrected chi connectivity index (χ2v) is 6.31. The van der Waals surface area contributed by atoms with Gasteiger partial charge in [-0.15, -0.1) is 0 Å². The van der Waals surface area contributed by atoms with Gasteiger partial charge in [0.25, 0.3) is 0 Å². The molecule has 3 nitrogen and oxygen atoms in total. The summed E-state index contributed by atoms with van der Waals surface area (Å²) in [7, 11) is 1.84. The van der Waals surface area contributed by atoms with Gasteiger partial charge >= 0.3 is 0 Å². The van der Waals surface area contributed by atoms with E-state index in [1.54, 1.807) is 4.90 Å². The van der Waals surface area contributed by atoms with E-state index in [9.17, 15) is 4.79 Å². The number of rotatable bonds is 2. The lowest BCUT2D eigenvalue weighted by Gasteiger charge is -2.27. The van der Waals surface area contributed by atoms with E-state index in [0.717, 1.165) is 24.3 Å². The molecular weight excluding hydrogens is 306 g/mol. The fraction of sp³-hybridized carbons (Fsp3) is 0.533. The Kier molecular flexibility index (Phi) is 3.63. The first-order chi connectivity index (χ1) is 9.16. The van der Waals surface area contributed by atoms with E-state index in [2.05, 4.69) is 28.1 Å². The molecule has 2 aliphatic heterocycles. The molecule has 1 aromatic carbocycles. The lowest BCUT2D eigenvalue weighted by Crippen LogP contribution is -2.23. The number of benzene rings is 1. The number of amides is 1. The van der Waals surface area contributed by atoms with E-state index < -0.39 is 0 Å². The maximum atomic E-state index is 11.7. The standard InChI is InChI=1S/C15H18BrNO2/c1-17-12-6-5-10(8-11(12)9-14(17)18)15(16)13-4-2-3-7-19-13/h5-6,8,13,15H,2-4,7,9H2,1H3. The molecule has 1 fully saturated rings. The normalized spacial score (nSPS) is 24.4. The summed E-state index contributed by atoms with van der Waals surface area (Å²) in [5.41, 5.74) is 3.39. The van der Waals surface area contributed by atoms with Gasteiger partial charge in [-0.3, -0.25) is 4.79 Å². The molecule has 1 saturated heterocycles. The van der Waals surface area contributed by atoms with Crippen LogP contribution >= 0.6 is 15.9 Å². The minimum absolute atomic E-state index is 0.173. The summed E-state index contributed by atoms with van der Waals surface area (Å²) in [5, 5.41) is 0. The van der Waals surface area contributed by atoms with E-state index in [1.165, 1.54) is 18.4 Å². The van der Waals surface area contributed by atoms with E-state index in [4.69, 9.17) is 4.74 Å². The predicted molar refractivity (Wildman–Crippen MR) is 78.8 cm³/mol. The molecule has 0 radical (unpaired) electrons. The van der Waals surface area contributed by atoms with Crippen LogP contribution in [-0.4, -0.2) is 25.7 Å². The first kappa shape index (κ1) is 13.1. The van der Waals surface area contributed by atoms with Gasteiger partial charge in [-0.25, -0.2) is 0 Å². The van der Waals surface area contributed by atoms with Crippen molar-refractivity contribution in [3.63, 3.8) is 0 Å². The van der Waals surface area contributed by atoms with Gasteiger partial charge in [0.2, 0.25) is 5.91 Å². The molecule has 0 aromatic heterocycles. The van der Waals surface area contributed by atoms with Crippen LogP contribution in [0.1, 0.15) is 35.2 Å². The van der Waals surface area contributed by atoms with Crippen molar-refractivity contribution in [2.75, 3.05) is 18.6 Å². The molecule has 3 rings (SSSR count). The fourth-order valence-corrected chi connectivity index (χ4v) is 3.57. The van der Waals surface area contributed by atoms with E-state index >= 15 is 0 Å². The average molecular weight is 324 g/mol. The van der Waals surface area contributed by atoms with Crippen LogP contribution in [0.2, 0.25) is 0 Å². The Morgan fingerprint density at radius 2 is 2.26 bits per heavy atom. The summed E-state index contributed by atoms with van der Waals surface area (Å²) >= 11 is 3.76. The zero-order valence-corrected chi connectivity index (χ0v) is 12.6. The molecule has 4 heteroatoms. The van der Waals surface area contributed by atoms with Crippen molar-refractivity contribution >= 4 is 27.5 Å². The number of hydrogen-bond donors (Lipinski definition) is 0. The molecule has 0 bridgehead atoms. The van der Waals surface area contributed by atoms with Crippen molar-refractivity contribution in [2.45, 2.75) is 36.6 Å². The summed E-state index contributed by atoms with van der Waals surface area (Å²) in [6.45, 7) is 0.860. The van der Waals surface area contributed by atoms with Crippen LogP contribution in [0.5, 0.6) is 0 Å². The van der Waals surface area contributed by atoms with E-state index in [-0.39, 0.29) is 16.8 Å². The summed E-state index contributed by atoms with van der Waals surface area (Å²) < 4.78 is 5.83. The maximum absolute atomic E-state index is 11.7. The van der Waals surface area contributed by atoms with Gasteiger partial charge in [0, 0.05) is 19.3 Å². The van der Waals surface area contributed by atoms with Crippen molar-refractivity contribution in [1.82, 2.24) is 0 Å². The smallest absolute Gasteiger partial charge is 0.231 e. The predicted octanol–water partition coefficient (Wildman–Crippen LogP) is 3.21. The molecule has 0 aliphatic carbocycles. The molecule has 2 aliphatic rings. The van der Waals surface area contributed by atoms with Crippen LogP contribution in [-0.2, 0) is 16.0 Å². The Morgan fingerprint density at radius 3 is 3.00 bits per heavy atom. The number of hydrogen-bond acceptors (Lipinski definition) is 2. The van der Waals surface area contributed by atoms with Crippen molar-refractivity contribution < 1.29 is 9.53 Å². The second-order valence-electron chi connectivity index (χ2n) is 5.32. The van der Waals surface area contributed by atoms with Crippen LogP contribution in [0.3, 0.4) is 0 Å². The van der Waals surface area contributed by atoms with Gasteiger partial charge in [0.05, 0.1) is 17.4 Å². The zero-order chi connectivity index (χ0) is 13.4. The molecule has 0 spiro atoms. The van der Waals surface area contributed by atoms with E-state index in [0.29, 0.717) is 6.42 Å². The minimum Gasteiger partial charge on any atom is -0.377 e. The monoisotopic (exact) mass is 323 g/mol. The molecule has 2 atom stereocenters. The van der Waals surface area contributed by atoms with Gasteiger partial charge < -0.3 is 9.64 Å². The number of nitrogens with zero attached hydrogens (tertiary/aromatic N) is 1. The molecule has 1 aromatic rings. The van der Waals surface area contributed by atoms with Crippen LogP contribution in [0, 0.1) is 0 Å². The molecule has 1 amide bonds. The summed E-state index contributed by atoms with van der Waals surface area (Å²) in [6, 6.07) is 6.30. The van der Waals surface area contributed by atoms with Gasteiger partial charge in [-0.05, 0) is 36.5 Å². The molecule has 19 heavy (non-hydrogen) atoms. The molecule has 0 saturated carbocycles. The molecule has 0 N–H and O–H groups in total. The molecule has 2 heterocycles. The van der Waals surface area contributed by atoms with Gasteiger partial charge in [0.1, 0.15) is 0 Å². The number of anilines is 1. The number of ether oxygens (including phenoxy) is 1. The van der Waals surface area contributed by atoms with Gasteiger partial charge in [-0.2, -0.15) is 0 Å². The number of alkyl halides is 1. The first-order valence-electron chi connectivity index (χ1n) is 6.82. The van der Waals surface area contributed by atoms with Crippen molar-refractivity contribution in [2.24, 2.45) is 0 Å². The number of carbonyl (C=O) groups excluding carboxylic acids is 1. The zero-order valence-electron chi connectivity index (χ0n) is 11.1. The van der Waals surface area contributed by atoms with Crippen LogP contribution in [0.4, 0.5) is 5.69 Å². The van der Waals surface area contributed by atoms with Gasteiger partial charge in [0.15, 0.2) is 0 Å². The summed E-state index contributed by atoms with van der Waals surface area (Å²) in [5.74, 6) is 0.173. The Balaban J connectivity index is 1.82. The Morgan fingerprint density at radius 1 is 1.42 bits per heavy atom. The minimum atomic E-state index is 0.173. The molecule has 102 valence electrons. The van der Waals surface area contributed by atoms with E-state index in [1.807, 2.05) is 13.1 Å². The highest BCUT2D eigenvalue weighted by atomic mass is 79.9. The second kappa shape index (κ2) is 5.25. The highest BCUT2D eigenvalue weighted by molar-refractivity contribution is 9.09. The first-order valence-corrected chi connectivity index (χ1v) is 7.73. The third-order valence-electron chi connectivity index (χ3n) is 4.04. The number of carbonyl (C=O) groups is 1. The Hall–Kier alpha value is -0.870. The van der Waals surface area contributed by atoms with Crippen molar-refractivity contribution in [1.29, 1.82) is 0 Å². The SMILES string of the molecule is CN1C(=O)Cc2cc(C(Br)C3CCCCO3)ccc21. The number of halogens is 1. The largest absolute Gasteiger partial charge is 0.377 e. The van der Waals surface area contributed by atoms with Crippen LogP contribution < -0.4 is 4.90 Å². The van der Waals surface area contributed by atoms with Crippen LogP contribution in [0.25, 0.3) is 0 Å². The van der Waals surface area contributed by atoms with Gasteiger partial charge in [-0.1, -0.05) is 28.1 Å². The van der Waals surface area contributed by atoms with Crippen molar-refractivity contribution in [3.05, 3.63) is 29.3 Å². The fourth-order valence-electron chi connectivity index (χ4n) is 2.87. The molecule has 2 unspecified atom stereocenters. The van der Waals surface area contributed by atoms with Crippen LogP contribution in [0.15, 0.2) is 18.2 Å². The quantitative estimate of drug-likeness (QED) is 0.782.